The minimum atomic E-state index is -3.23. The maximum Gasteiger partial charge on any atom is 0.224 e. The Morgan fingerprint density at radius 1 is 1.38 bits per heavy atom. The quantitative estimate of drug-likeness (QED) is 0.885. The molecule has 1 aromatic rings. The Balaban J connectivity index is 2.05. The number of carbonyl (C=O) groups is 1. The van der Waals surface area contributed by atoms with Gasteiger partial charge in [0, 0.05) is 13.1 Å². The van der Waals surface area contributed by atoms with Gasteiger partial charge in [-0.15, -0.1) is 0 Å². The Morgan fingerprint density at radius 3 is 2.75 bits per heavy atom. The smallest absolute Gasteiger partial charge is 0.224 e. The van der Waals surface area contributed by atoms with Crippen LogP contribution in [0.25, 0.3) is 0 Å². The Bertz CT molecular complexity index is 700. The first-order valence-electron chi connectivity index (χ1n) is 8.60. The van der Waals surface area contributed by atoms with Crippen molar-refractivity contribution in [2.45, 2.75) is 46.6 Å². The molecule has 1 amide bonds. The fourth-order valence-electron chi connectivity index (χ4n) is 3.23. The number of nitrogens with one attached hydrogen (secondary N) is 1. The van der Waals surface area contributed by atoms with Crippen LogP contribution in [0.4, 0.5) is 0 Å². The van der Waals surface area contributed by atoms with Crippen LogP contribution < -0.4 is 5.32 Å². The SMILES string of the molecule is CCS(=O)(=O)N1CCC[C@@H](C(=O)N[C@@H](C)c2cc(C)ccc2C)C1. The third kappa shape index (κ3) is 4.36. The van der Waals surface area contributed by atoms with Gasteiger partial charge >= 0.3 is 0 Å². The highest BCUT2D eigenvalue weighted by atomic mass is 32.2. The molecule has 6 heteroatoms. The van der Waals surface area contributed by atoms with Gasteiger partial charge in [0.1, 0.15) is 0 Å². The number of piperidine rings is 1. The van der Waals surface area contributed by atoms with Crippen molar-refractivity contribution in [2.24, 2.45) is 5.92 Å². The molecule has 0 bridgehead atoms. The molecule has 134 valence electrons. The van der Waals surface area contributed by atoms with Gasteiger partial charge in [0.15, 0.2) is 0 Å². The van der Waals surface area contributed by atoms with Crippen molar-refractivity contribution in [1.29, 1.82) is 0 Å². The summed E-state index contributed by atoms with van der Waals surface area (Å²) < 4.78 is 25.5. The van der Waals surface area contributed by atoms with Gasteiger partial charge < -0.3 is 5.32 Å². The largest absolute Gasteiger partial charge is 0.349 e. The van der Waals surface area contributed by atoms with Gasteiger partial charge in [-0.2, -0.15) is 0 Å². The van der Waals surface area contributed by atoms with Crippen molar-refractivity contribution in [3.63, 3.8) is 0 Å². The van der Waals surface area contributed by atoms with Gasteiger partial charge in [-0.25, -0.2) is 12.7 Å². The summed E-state index contributed by atoms with van der Waals surface area (Å²) in [4.78, 5) is 12.6. The zero-order chi connectivity index (χ0) is 17.9. The molecule has 5 nitrogen and oxygen atoms in total. The van der Waals surface area contributed by atoms with E-state index in [1.807, 2.05) is 20.8 Å². The molecule has 1 fully saturated rings. The zero-order valence-corrected chi connectivity index (χ0v) is 15.8. The number of nitrogens with zero attached hydrogens (tertiary/aromatic N) is 1. The van der Waals surface area contributed by atoms with Gasteiger partial charge in [-0.3, -0.25) is 4.79 Å². The van der Waals surface area contributed by atoms with E-state index in [0.29, 0.717) is 13.1 Å². The highest BCUT2D eigenvalue weighted by molar-refractivity contribution is 7.89. The fourth-order valence-corrected chi connectivity index (χ4v) is 4.41. The number of carbonyl (C=O) groups excluding carboxylic acids is 1. The predicted octanol–water partition coefficient (Wildman–Crippen LogP) is 2.54. The third-order valence-electron chi connectivity index (χ3n) is 4.77. The summed E-state index contributed by atoms with van der Waals surface area (Å²) in [5.74, 6) is -0.243. The van der Waals surface area contributed by atoms with Crippen molar-refractivity contribution in [3.8, 4) is 0 Å². The number of benzene rings is 1. The minimum absolute atomic E-state index is 0.0561. The molecule has 0 spiro atoms. The number of sulfonamides is 1. The van der Waals surface area contributed by atoms with Gasteiger partial charge in [-0.1, -0.05) is 23.8 Å². The lowest BCUT2D eigenvalue weighted by Crippen LogP contribution is -2.46. The van der Waals surface area contributed by atoms with Crippen molar-refractivity contribution in [3.05, 3.63) is 34.9 Å². The second-order valence-electron chi connectivity index (χ2n) is 6.69. The van der Waals surface area contributed by atoms with E-state index in [2.05, 4.69) is 23.5 Å². The number of aryl methyl sites for hydroxylation is 2. The van der Waals surface area contributed by atoms with Crippen LogP contribution in [0.15, 0.2) is 18.2 Å². The first kappa shape index (κ1) is 18.9. The van der Waals surface area contributed by atoms with Crippen LogP contribution in [0.2, 0.25) is 0 Å². The highest BCUT2D eigenvalue weighted by Crippen LogP contribution is 2.23. The third-order valence-corrected chi connectivity index (χ3v) is 6.62. The predicted molar refractivity (Wildman–Crippen MR) is 96.2 cm³/mol. The van der Waals surface area contributed by atoms with E-state index in [-0.39, 0.29) is 23.6 Å². The molecule has 0 radical (unpaired) electrons. The van der Waals surface area contributed by atoms with Gasteiger partial charge in [0.05, 0.1) is 17.7 Å². The second-order valence-corrected chi connectivity index (χ2v) is 8.95. The molecule has 0 aliphatic carbocycles. The summed E-state index contributed by atoms with van der Waals surface area (Å²) in [5.41, 5.74) is 3.42. The summed E-state index contributed by atoms with van der Waals surface area (Å²) in [6.45, 7) is 8.50. The summed E-state index contributed by atoms with van der Waals surface area (Å²) in [6, 6.07) is 6.12. The monoisotopic (exact) mass is 352 g/mol. The van der Waals surface area contributed by atoms with Crippen LogP contribution in [-0.2, 0) is 14.8 Å². The molecular formula is C18H28N2O3S. The molecular weight excluding hydrogens is 324 g/mol. The lowest BCUT2D eigenvalue weighted by molar-refractivity contribution is -0.126. The van der Waals surface area contributed by atoms with Gasteiger partial charge in [-0.05, 0) is 51.7 Å². The molecule has 0 saturated carbocycles. The molecule has 2 rings (SSSR count). The lowest BCUT2D eigenvalue weighted by atomic mass is 9.96. The summed E-state index contributed by atoms with van der Waals surface area (Å²) in [7, 11) is -3.23. The van der Waals surface area contributed by atoms with Crippen LogP contribution in [0, 0.1) is 19.8 Å². The maximum absolute atomic E-state index is 12.6. The summed E-state index contributed by atoms with van der Waals surface area (Å²) in [6.07, 6.45) is 1.47. The summed E-state index contributed by atoms with van der Waals surface area (Å²) >= 11 is 0. The average molecular weight is 353 g/mol. The average Bonchev–Trinajstić information content (AvgIpc) is 2.57. The van der Waals surface area contributed by atoms with E-state index in [9.17, 15) is 13.2 Å². The minimum Gasteiger partial charge on any atom is -0.349 e. The van der Waals surface area contributed by atoms with E-state index in [1.165, 1.54) is 4.31 Å². The number of amides is 1. The Labute approximate surface area is 145 Å². The molecule has 0 unspecified atom stereocenters. The highest BCUT2D eigenvalue weighted by Gasteiger charge is 2.31. The van der Waals surface area contributed by atoms with Crippen molar-refractivity contribution in [2.75, 3.05) is 18.8 Å². The molecule has 2 atom stereocenters. The Morgan fingerprint density at radius 2 is 2.08 bits per heavy atom. The second kappa shape index (κ2) is 7.66. The molecule has 24 heavy (non-hydrogen) atoms. The standard InChI is InChI=1S/C18H28N2O3S/c1-5-24(22,23)20-10-6-7-16(12-20)18(21)19-15(4)17-11-13(2)8-9-14(17)3/h8-9,11,15-16H,5-7,10,12H2,1-4H3,(H,19,21)/t15-,16+/m0/s1. The van der Waals surface area contributed by atoms with Crippen LogP contribution in [-0.4, -0.2) is 37.5 Å². The molecule has 1 aromatic carbocycles. The van der Waals surface area contributed by atoms with Gasteiger partial charge in [0.2, 0.25) is 15.9 Å². The topological polar surface area (TPSA) is 66.5 Å². The van der Waals surface area contributed by atoms with Crippen LogP contribution in [0.3, 0.4) is 0 Å². The van der Waals surface area contributed by atoms with E-state index < -0.39 is 10.0 Å². The Kier molecular flexibility index (Phi) is 6.04. The lowest BCUT2D eigenvalue weighted by Gasteiger charge is -2.31. The Hall–Kier alpha value is -1.40. The van der Waals surface area contributed by atoms with E-state index in [1.54, 1.807) is 6.92 Å². The molecule has 1 aliphatic rings. The van der Waals surface area contributed by atoms with Crippen LogP contribution >= 0.6 is 0 Å². The fraction of sp³-hybridized carbons (Fsp3) is 0.611. The van der Waals surface area contributed by atoms with Crippen LogP contribution in [0.1, 0.15) is 49.4 Å². The van der Waals surface area contributed by atoms with E-state index in [4.69, 9.17) is 0 Å². The number of rotatable bonds is 5. The van der Waals surface area contributed by atoms with Crippen LogP contribution in [0.5, 0.6) is 0 Å². The molecule has 1 heterocycles. The number of hydrogen-bond acceptors (Lipinski definition) is 3. The molecule has 1 N–H and O–H groups in total. The molecule has 1 aliphatic heterocycles. The van der Waals surface area contributed by atoms with Gasteiger partial charge in [0.25, 0.3) is 0 Å². The van der Waals surface area contributed by atoms with Crippen molar-refractivity contribution in [1.82, 2.24) is 9.62 Å². The number of hydrogen-bond donors (Lipinski definition) is 1. The zero-order valence-electron chi connectivity index (χ0n) is 15.0. The van der Waals surface area contributed by atoms with Crippen molar-refractivity contribution >= 4 is 15.9 Å². The first-order valence-corrected chi connectivity index (χ1v) is 10.2. The van der Waals surface area contributed by atoms with E-state index >= 15 is 0 Å². The maximum atomic E-state index is 12.6. The molecule has 0 aromatic heterocycles. The van der Waals surface area contributed by atoms with Crippen molar-refractivity contribution < 1.29 is 13.2 Å². The first-order chi connectivity index (χ1) is 11.2. The van der Waals surface area contributed by atoms with E-state index in [0.717, 1.165) is 29.5 Å². The normalized spacial score (nSPS) is 20.6. The molecule has 1 saturated heterocycles. The summed E-state index contributed by atoms with van der Waals surface area (Å²) in [5, 5.41) is 3.06.